The standard InChI is InChI=1S/C13H17ClN4O2/c1-18-7-9(3-5-12(18)19)16-13(20)10-6-8(14)2-4-11(10)17-15/h2,4,6,9,17H,3,5,7,15H2,1H3,(H,16,20). The summed E-state index contributed by atoms with van der Waals surface area (Å²) in [4.78, 5) is 25.3. The number of anilines is 1. The molecule has 1 aromatic rings. The second-order valence-electron chi connectivity index (χ2n) is 4.82. The molecule has 1 atom stereocenters. The number of halogens is 1. The van der Waals surface area contributed by atoms with Crippen molar-refractivity contribution in [3.05, 3.63) is 28.8 Å². The Labute approximate surface area is 122 Å². The summed E-state index contributed by atoms with van der Waals surface area (Å²) in [6.07, 6.45) is 1.08. The van der Waals surface area contributed by atoms with E-state index < -0.39 is 0 Å². The number of amides is 2. The fourth-order valence-electron chi connectivity index (χ4n) is 2.22. The normalized spacial score (nSPS) is 18.9. The van der Waals surface area contributed by atoms with Crippen LogP contribution in [0.25, 0.3) is 0 Å². The van der Waals surface area contributed by atoms with Crippen molar-refractivity contribution in [1.29, 1.82) is 0 Å². The number of likely N-dealkylation sites (tertiary alicyclic amines) is 1. The summed E-state index contributed by atoms with van der Waals surface area (Å²) in [5.74, 6) is 5.23. The van der Waals surface area contributed by atoms with Gasteiger partial charge in [0.25, 0.3) is 5.91 Å². The van der Waals surface area contributed by atoms with Crippen LogP contribution in [-0.4, -0.2) is 36.3 Å². The molecule has 4 N–H and O–H groups in total. The van der Waals surface area contributed by atoms with Gasteiger partial charge in [-0.3, -0.25) is 15.4 Å². The summed E-state index contributed by atoms with van der Waals surface area (Å²) >= 11 is 5.90. The van der Waals surface area contributed by atoms with E-state index in [1.807, 2.05) is 0 Å². The van der Waals surface area contributed by atoms with Gasteiger partial charge < -0.3 is 15.6 Å². The van der Waals surface area contributed by atoms with Crippen molar-refractivity contribution in [3.63, 3.8) is 0 Å². The molecule has 1 heterocycles. The van der Waals surface area contributed by atoms with Crippen molar-refractivity contribution < 1.29 is 9.59 Å². The summed E-state index contributed by atoms with van der Waals surface area (Å²) in [7, 11) is 1.73. The average molecular weight is 297 g/mol. The molecular weight excluding hydrogens is 280 g/mol. The highest BCUT2D eigenvalue weighted by Gasteiger charge is 2.25. The number of carbonyl (C=O) groups excluding carboxylic acids is 2. The van der Waals surface area contributed by atoms with E-state index in [1.54, 1.807) is 30.1 Å². The second-order valence-corrected chi connectivity index (χ2v) is 5.25. The molecule has 2 rings (SSSR count). The molecule has 1 unspecified atom stereocenters. The second kappa shape index (κ2) is 6.11. The predicted octanol–water partition coefficient (Wildman–Crippen LogP) is 0.976. The SMILES string of the molecule is CN1CC(NC(=O)c2cc(Cl)ccc2NN)CCC1=O. The van der Waals surface area contributed by atoms with E-state index >= 15 is 0 Å². The smallest absolute Gasteiger partial charge is 0.253 e. The number of hydrazine groups is 1. The molecule has 7 heteroatoms. The van der Waals surface area contributed by atoms with Crippen molar-refractivity contribution in [2.45, 2.75) is 18.9 Å². The minimum Gasteiger partial charge on any atom is -0.347 e. The minimum absolute atomic E-state index is 0.0604. The lowest BCUT2D eigenvalue weighted by molar-refractivity contribution is -0.132. The first-order chi connectivity index (χ1) is 9.51. The van der Waals surface area contributed by atoms with E-state index in [4.69, 9.17) is 17.4 Å². The van der Waals surface area contributed by atoms with Crippen molar-refractivity contribution >= 4 is 29.1 Å². The zero-order valence-corrected chi connectivity index (χ0v) is 11.9. The summed E-state index contributed by atoms with van der Waals surface area (Å²) in [5, 5.41) is 3.36. The van der Waals surface area contributed by atoms with Gasteiger partial charge in [0.2, 0.25) is 5.91 Å². The highest BCUT2D eigenvalue weighted by Crippen LogP contribution is 2.20. The Hall–Kier alpha value is -1.79. The van der Waals surface area contributed by atoms with Crippen LogP contribution in [0.4, 0.5) is 5.69 Å². The maximum absolute atomic E-state index is 12.3. The Balaban J connectivity index is 2.09. The topological polar surface area (TPSA) is 87.5 Å². The lowest BCUT2D eigenvalue weighted by Gasteiger charge is -2.30. The van der Waals surface area contributed by atoms with Crippen LogP contribution in [0.3, 0.4) is 0 Å². The quantitative estimate of drug-likeness (QED) is 0.573. The molecule has 0 aliphatic carbocycles. The lowest BCUT2D eigenvalue weighted by Crippen LogP contribution is -2.48. The van der Waals surface area contributed by atoms with Gasteiger partial charge in [-0.15, -0.1) is 0 Å². The maximum Gasteiger partial charge on any atom is 0.253 e. The number of carbonyl (C=O) groups is 2. The Morgan fingerprint density at radius 1 is 1.50 bits per heavy atom. The molecule has 1 aliphatic rings. The number of hydrogen-bond donors (Lipinski definition) is 3. The van der Waals surface area contributed by atoms with Gasteiger partial charge in [0.15, 0.2) is 0 Å². The first kappa shape index (κ1) is 14.6. The third-order valence-electron chi connectivity index (χ3n) is 3.34. The Morgan fingerprint density at radius 3 is 2.90 bits per heavy atom. The first-order valence-electron chi connectivity index (χ1n) is 6.32. The van der Waals surface area contributed by atoms with E-state index in [0.29, 0.717) is 35.7 Å². The maximum atomic E-state index is 12.3. The molecule has 0 aromatic heterocycles. The zero-order valence-electron chi connectivity index (χ0n) is 11.1. The van der Waals surface area contributed by atoms with Crippen LogP contribution < -0.4 is 16.6 Å². The minimum atomic E-state index is -0.256. The number of hydrogen-bond acceptors (Lipinski definition) is 4. The van der Waals surface area contributed by atoms with Gasteiger partial charge in [-0.1, -0.05) is 11.6 Å². The average Bonchev–Trinajstić information content (AvgIpc) is 2.43. The number of piperidine rings is 1. The van der Waals surface area contributed by atoms with Crippen LogP contribution in [0.2, 0.25) is 5.02 Å². The van der Waals surface area contributed by atoms with Crippen LogP contribution in [0.15, 0.2) is 18.2 Å². The Bertz CT molecular complexity index is 535. The van der Waals surface area contributed by atoms with Gasteiger partial charge in [-0.2, -0.15) is 0 Å². The molecule has 0 saturated carbocycles. The summed E-state index contributed by atoms with van der Waals surface area (Å²) in [5.41, 5.74) is 3.37. The Kier molecular flexibility index (Phi) is 4.46. The van der Waals surface area contributed by atoms with Gasteiger partial charge in [0, 0.05) is 31.1 Å². The van der Waals surface area contributed by atoms with Gasteiger partial charge in [0.05, 0.1) is 11.3 Å². The number of benzene rings is 1. The number of rotatable bonds is 3. The molecule has 1 aliphatic heterocycles. The van der Waals surface area contributed by atoms with E-state index in [2.05, 4.69) is 10.7 Å². The molecule has 1 aromatic carbocycles. The lowest BCUT2D eigenvalue weighted by atomic mass is 10.0. The van der Waals surface area contributed by atoms with Crippen molar-refractivity contribution in [2.24, 2.45) is 5.84 Å². The third kappa shape index (κ3) is 3.20. The van der Waals surface area contributed by atoms with Crippen LogP contribution >= 0.6 is 11.6 Å². The number of nitrogen functional groups attached to an aromatic ring is 1. The number of nitrogens with two attached hydrogens (primary N) is 1. The van der Waals surface area contributed by atoms with Crippen LogP contribution in [-0.2, 0) is 4.79 Å². The molecule has 2 amide bonds. The fraction of sp³-hybridized carbons (Fsp3) is 0.385. The number of likely N-dealkylation sites (N-methyl/N-ethyl adjacent to an activating group) is 1. The summed E-state index contributed by atoms with van der Waals surface area (Å²) in [6.45, 7) is 0.510. The number of nitrogens with zero attached hydrogens (tertiary/aromatic N) is 1. The molecular formula is C13H17ClN4O2. The third-order valence-corrected chi connectivity index (χ3v) is 3.58. The van der Waals surface area contributed by atoms with Gasteiger partial charge in [0.1, 0.15) is 0 Å². The highest BCUT2D eigenvalue weighted by atomic mass is 35.5. The van der Waals surface area contributed by atoms with Gasteiger partial charge >= 0.3 is 0 Å². The van der Waals surface area contributed by atoms with E-state index in [-0.39, 0.29) is 17.9 Å². The van der Waals surface area contributed by atoms with E-state index in [1.165, 1.54) is 0 Å². The van der Waals surface area contributed by atoms with E-state index in [9.17, 15) is 9.59 Å². The number of nitrogens with one attached hydrogen (secondary N) is 2. The van der Waals surface area contributed by atoms with E-state index in [0.717, 1.165) is 0 Å². The Morgan fingerprint density at radius 2 is 2.25 bits per heavy atom. The molecule has 0 radical (unpaired) electrons. The summed E-state index contributed by atoms with van der Waals surface area (Å²) < 4.78 is 0. The molecule has 1 saturated heterocycles. The van der Waals surface area contributed by atoms with Crippen molar-refractivity contribution in [3.8, 4) is 0 Å². The molecule has 0 bridgehead atoms. The molecule has 108 valence electrons. The first-order valence-corrected chi connectivity index (χ1v) is 6.70. The van der Waals surface area contributed by atoms with Gasteiger partial charge in [-0.25, -0.2) is 0 Å². The van der Waals surface area contributed by atoms with Crippen LogP contribution in [0.5, 0.6) is 0 Å². The molecule has 20 heavy (non-hydrogen) atoms. The van der Waals surface area contributed by atoms with Crippen LogP contribution in [0.1, 0.15) is 23.2 Å². The zero-order chi connectivity index (χ0) is 14.7. The fourth-order valence-corrected chi connectivity index (χ4v) is 2.40. The molecule has 0 spiro atoms. The predicted molar refractivity (Wildman–Crippen MR) is 77.4 cm³/mol. The van der Waals surface area contributed by atoms with Crippen molar-refractivity contribution in [2.75, 3.05) is 19.0 Å². The van der Waals surface area contributed by atoms with Crippen molar-refractivity contribution in [1.82, 2.24) is 10.2 Å². The highest BCUT2D eigenvalue weighted by molar-refractivity contribution is 6.31. The molecule has 6 nitrogen and oxygen atoms in total. The molecule has 1 fully saturated rings. The summed E-state index contributed by atoms with van der Waals surface area (Å²) in [6, 6.07) is 4.80. The largest absolute Gasteiger partial charge is 0.347 e. The van der Waals surface area contributed by atoms with Gasteiger partial charge in [-0.05, 0) is 24.6 Å². The van der Waals surface area contributed by atoms with Crippen LogP contribution in [0, 0.1) is 0 Å². The monoisotopic (exact) mass is 296 g/mol.